The lowest BCUT2D eigenvalue weighted by Crippen LogP contribution is -2.52. The van der Waals surface area contributed by atoms with E-state index in [4.69, 9.17) is 10.5 Å². The molecule has 2 rings (SSSR count). The van der Waals surface area contributed by atoms with E-state index in [0.717, 1.165) is 12.8 Å². The van der Waals surface area contributed by atoms with Crippen molar-refractivity contribution in [1.29, 1.82) is 0 Å². The molecule has 1 aliphatic rings. The number of hydrogen-bond acceptors (Lipinski definition) is 6. The van der Waals surface area contributed by atoms with Crippen LogP contribution in [0, 0.1) is 0 Å². The van der Waals surface area contributed by atoms with Gasteiger partial charge >= 0.3 is 5.97 Å². The van der Waals surface area contributed by atoms with Gasteiger partial charge in [-0.25, -0.2) is 4.98 Å². The van der Waals surface area contributed by atoms with Crippen LogP contribution in [-0.4, -0.2) is 33.8 Å². The number of nitrogens with one attached hydrogen (secondary N) is 1. The minimum atomic E-state index is -0.917. The lowest BCUT2D eigenvalue weighted by atomic mass is 9.82. The Morgan fingerprint density at radius 1 is 1.68 bits per heavy atom. The van der Waals surface area contributed by atoms with Gasteiger partial charge in [-0.05, 0) is 25.7 Å². The molecule has 0 spiro atoms. The van der Waals surface area contributed by atoms with Crippen LogP contribution < -0.4 is 11.3 Å². The fourth-order valence-electron chi connectivity index (χ4n) is 2.31. The van der Waals surface area contributed by atoms with Crippen LogP contribution in [0.5, 0.6) is 0 Å². The number of hydrogen-bond donors (Lipinski definition) is 2. The Morgan fingerprint density at radius 2 is 2.47 bits per heavy atom. The molecule has 0 saturated heterocycles. The summed E-state index contributed by atoms with van der Waals surface area (Å²) in [7, 11) is 1.35. The van der Waals surface area contributed by atoms with E-state index in [0.29, 0.717) is 18.0 Å². The van der Waals surface area contributed by atoms with E-state index in [9.17, 15) is 9.59 Å². The van der Waals surface area contributed by atoms with Gasteiger partial charge in [0.05, 0.1) is 7.11 Å². The highest BCUT2D eigenvalue weighted by Crippen LogP contribution is 2.36. The van der Waals surface area contributed by atoms with E-state index in [1.54, 1.807) is 0 Å². The summed E-state index contributed by atoms with van der Waals surface area (Å²) in [6.45, 7) is 0. The molecule has 1 heterocycles. The molecule has 7 heteroatoms. The highest BCUT2D eigenvalue weighted by molar-refractivity contribution is 7.99. The number of aromatic nitrogens is 2. The average molecular weight is 283 g/mol. The van der Waals surface area contributed by atoms with Crippen molar-refractivity contribution in [2.75, 3.05) is 7.11 Å². The molecule has 1 aromatic rings. The van der Waals surface area contributed by atoms with Crippen LogP contribution in [0.1, 0.15) is 25.7 Å². The van der Waals surface area contributed by atoms with Gasteiger partial charge in [-0.2, -0.15) is 0 Å². The number of nitrogens with zero attached hydrogens (tertiary/aromatic N) is 1. The van der Waals surface area contributed by atoms with E-state index < -0.39 is 5.54 Å². The Hall–Kier alpha value is -1.34. The zero-order chi connectivity index (χ0) is 13.9. The van der Waals surface area contributed by atoms with Crippen LogP contribution in [0.3, 0.4) is 0 Å². The molecule has 19 heavy (non-hydrogen) atoms. The van der Waals surface area contributed by atoms with Crippen molar-refractivity contribution in [3.05, 3.63) is 22.6 Å². The van der Waals surface area contributed by atoms with Crippen molar-refractivity contribution in [1.82, 2.24) is 9.97 Å². The monoisotopic (exact) mass is 283 g/mol. The van der Waals surface area contributed by atoms with Gasteiger partial charge < -0.3 is 15.5 Å². The van der Waals surface area contributed by atoms with E-state index in [1.165, 1.54) is 31.1 Å². The van der Waals surface area contributed by atoms with Crippen LogP contribution in [0.25, 0.3) is 0 Å². The number of methoxy groups -OCH3 is 1. The maximum absolute atomic E-state index is 11.7. The molecule has 0 aliphatic heterocycles. The van der Waals surface area contributed by atoms with Crippen molar-refractivity contribution in [3.8, 4) is 0 Å². The molecule has 0 aromatic carbocycles. The molecular weight excluding hydrogens is 266 g/mol. The lowest BCUT2D eigenvalue weighted by molar-refractivity contribution is -0.148. The second-order valence-electron chi connectivity index (χ2n) is 4.72. The van der Waals surface area contributed by atoms with Gasteiger partial charge in [0.15, 0.2) is 5.16 Å². The summed E-state index contributed by atoms with van der Waals surface area (Å²) in [5.74, 6) is -0.368. The van der Waals surface area contributed by atoms with E-state index in [1.807, 2.05) is 0 Å². The number of thioether (sulfide) groups is 1. The molecule has 104 valence electrons. The number of carbonyl (C=O) groups is 1. The summed E-state index contributed by atoms with van der Waals surface area (Å²) in [6, 6.07) is 1.37. The maximum atomic E-state index is 11.7. The van der Waals surface area contributed by atoms with E-state index >= 15 is 0 Å². The average Bonchev–Trinajstić information content (AvgIpc) is 2.38. The van der Waals surface area contributed by atoms with Gasteiger partial charge in [-0.1, -0.05) is 11.8 Å². The number of carbonyl (C=O) groups excluding carboxylic acids is 1. The smallest absolute Gasteiger partial charge is 0.325 e. The van der Waals surface area contributed by atoms with Crippen molar-refractivity contribution in [2.24, 2.45) is 5.73 Å². The molecule has 2 unspecified atom stereocenters. The van der Waals surface area contributed by atoms with Gasteiger partial charge in [-0.3, -0.25) is 9.59 Å². The van der Waals surface area contributed by atoms with Crippen molar-refractivity contribution >= 4 is 17.7 Å². The largest absolute Gasteiger partial charge is 0.468 e. The first-order valence-electron chi connectivity index (χ1n) is 6.13. The van der Waals surface area contributed by atoms with E-state index in [-0.39, 0.29) is 16.8 Å². The maximum Gasteiger partial charge on any atom is 0.325 e. The van der Waals surface area contributed by atoms with Crippen LogP contribution in [0.4, 0.5) is 0 Å². The SMILES string of the molecule is COC(=O)C1(N)CCCC(Sc2nccc(=O)[nH]2)C1. The number of nitrogens with two attached hydrogens (primary N) is 1. The summed E-state index contributed by atoms with van der Waals surface area (Å²) >= 11 is 1.45. The minimum absolute atomic E-state index is 0.156. The first-order valence-corrected chi connectivity index (χ1v) is 7.01. The van der Waals surface area contributed by atoms with Crippen LogP contribution in [0.2, 0.25) is 0 Å². The quantitative estimate of drug-likeness (QED) is 0.625. The molecule has 1 fully saturated rings. The molecule has 0 bridgehead atoms. The molecule has 3 N–H and O–H groups in total. The second kappa shape index (κ2) is 5.75. The highest BCUT2D eigenvalue weighted by Gasteiger charge is 2.40. The van der Waals surface area contributed by atoms with Crippen molar-refractivity contribution in [3.63, 3.8) is 0 Å². The molecule has 6 nitrogen and oxygen atoms in total. The fourth-order valence-corrected chi connectivity index (χ4v) is 3.58. The Kier molecular flexibility index (Phi) is 4.26. The first kappa shape index (κ1) is 14.1. The van der Waals surface area contributed by atoms with Crippen molar-refractivity contribution < 1.29 is 9.53 Å². The Morgan fingerprint density at radius 3 is 3.16 bits per heavy atom. The normalized spacial score (nSPS) is 26.9. The fraction of sp³-hybridized carbons (Fsp3) is 0.583. The van der Waals surface area contributed by atoms with E-state index in [2.05, 4.69) is 9.97 Å². The summed E-state index contributed by atoms with van der Waals surface area (Å²) in [6.07, 6.45) is 4.44. The third-order valence-corrected chi connectivity index (χ3v) is 4.43. The predicted molar refractivity (Wildman–Crippen MR) is 71.9 cm³/mol. The summed E-state index contributed by atoms with van der Waals surface area (Å²) in [5.41, 5.74) is 5.01. The van der Waals surface area contributed by atoms with Crippen LogP contribution in [-0.2, 0) is 9.53 Å². The molecule has 1 aromatic heterocycles. The zero-order valence-corrected chi connectivity index (χ0v) is 11.5. The van der Waals surface area contributed by atoms with Crippen LogP contribution >= 0.6 is 11.8 Å². The van der Waals surface area contributed by atoms with Crippen LogP contribution in [0.15, 0.2) is 22.2 Å². The third kappa shape index (κ3) is 3.36. The topological polar surface area (TPSA) is 98.1 Å². The molecular formula is C12H17N3O3S. The highest BCUT2D eigenvalue weighted by atomic mass is 32.2. The van der Waals surface area contributed by atoms with Gasteiger partial charge in [-0.15, -0.1) is 0 Å². The standard InChI is InChI=1S/C12H17N3O3S/c1-18-10(17)12(13)5-2-3-8(7-12)19-11-14-6-4-9(16)15-11/h4,6,8H,2-3,5,7,13H2,1H3,(H,14,15,16). The molecule has 2 atom stereocenters. The zero-order valence-electron chi connectivity index (χ0n) is 10.7. The first-order chi connectivity index (χ1) is 9.03. The molecule has 1 saturated carbocycles. The van der Waals surface area contributed by atoms with Gasteiger partial charge in [0.2, 0.25) is 0 Å². The Labute approximate surface area is 115 Å². The second-order valence-corrected chi connectivity index (χ2v) is 6.01. The van der Waals surface area contributed by atoms with Gasteiger partial charge in [0.25, 0.3) is 5.56 Å². The lowest BCUT2D eigenvalue weighted by Gasteiger charge is -2.34. The predicted octanol–water partition coefficient (Wildman–Crippen LogP) is 0.675. The number of rotatable bonds is 3. The Bertz CT molecular complexity index is 519. The summed E-state index contributed by atoms with van der Waals surface area (Å²) in [4.78, 5) is 29.7. The Balaban J connectivity index is 2.06. The molecule has 0 radical (unpaired) electrons. The summed E-state index contributed by atoms with van der Waals surface area (Å²) < 4.78 is 4.76. The number of aromatic amines is 1. The number of ether oxygens (including phenoxy) is 1. The number of esters is 1. The number of H-pyrrole nitrogens is 1. The summed E-state index contributed by atoms with van der Waals surface area (Å²) in [5, 5.41) is 0.718. The minimum Gasteiger partial charge on any atom is -0.468 e. The third-order valence-electron chi connectivity index (χ3n) is 3.26. The van der Waals surface area contributed by atoms with Gasteiger partial charge in [0.1, 0.15) is 5.54 Å². The van der Waals surface area contributed by atoms with Crippen molar-refractivity contribution in [2.45, 2.75) is 41.6 Å². The molecule has 1 aliphatic carbocycles. The molecule has 0 amide bonds. The van der Waals surface area contributed by atoms with Gasteiger partial charge in [0, 0.05) is 17.5 Å².